The highest BCUT2D eigenvalue weighted by molar-refractivity contribution is 5.96. The summed E-state index contributed by atoms with van der Waals surface area (Å²) in [5.74, 6) is 1.04. The fraction of sp³-hybridized carbons (Fsp3) is 0.333. The van der Waals surface area contributed by atoms with E-state index >= 15 is 0 Å². The smallest absolute Gasteiger partial charge is 0.254 e. The summed E-state index contributed by atoms with van der Waals surface area (Å²) in [4.78, 5) is 26.3. The number of hydrogen-bond donors (Lipinski definition) is 1. The van der Waals surface area contributed by atoms with Crippen LogP contribution in [0, 0.1) is 0 Å². The minimum absolute atomic E-state index is 0.0366. The molecule has 26 heavy (non-hydrogen) atoms. The summed E-state index contributed by atoms with van der Waals surface area (Å²) in [5.41, 5.74) is 0.200. The molecule has 2 rings (SSSR count). The second-order valence-electron chi connectivity index (χ2n) is 7.06. The van der Waals surface area contributed by atoms with Crippen molar-refractivity contribution in [3.63, 3.8) is 0 Å². The Morgan fingerprint density at radius 1 is 0.962 bits per heavy atom. The first-order valence-corrected chi connectivity index (χ1v) is 8.72. The lowest BCUT2D eigenvalue weighted by atomic mass is 10.1. The van der Waals surface area contributed by atoms with Crippen molar-refractivity contribution < 1.29 is 14.3 Å². The third-order valence-corrected chi connectivity index (χ3v) is 3.60. The summed E-state index contributed by atoms with van der Waals surface area (Å²) in [5, 5.41) is 2.87. The topological polar surface area (TPSA) is 58.6 Å². The Morgan fingerprint density at radius 3 is 2.08 bits per heavy atom. The Bertz CT molecular complexity index is 734. The number of nitrogens with zero attached hydrogens (tertiary/aromatic N) is 1. The van der Waals surface area contributed by atoms with Crippen LogP contribution in [0.5, 0.6) is 11.5 Å². The van der Waals surface area contributed by atoms with Crippen LogP contribution < -0.4 is 10.1 Å². The van der Waals surface area contributed by atoms with E-state index in [1.54, 1.807) is 24.3 Å². The van der Waals surface area contributed by atoms with E-state index in [2.05, 4.69) is 5.32 Å². The number of likely N-dealkylation sites (N-methyl/N-ethyl adjacent to an activating group) is 1. The zero-order chi connectivity index (χ0) is 19.2. The maximum Gasteiger partial charge on any atom is 0.254 e. The summed E-state index contributed by atoms with van der Waals surface area (Å²) in [6, 6.07) is 16.4. The lowest BCUT2D eigenvalue weighted by Crippen LogP contribution is -2.47. The third kappa shape index (κ3) is 5.92. The normalized spacial score (nSPS) is 10.9. The lowest BCUT2D eigenvalue weighted by Gasteiger charge is -2.25. The third-order valence-electron chi connectivity index (χ3n) is 3.60. The number of ether oxygens (including phenoxy) is 1. The van der Waals surface area contributed by atoms with E-state index in [0.717, 1.165) is 5.75 Å². The molecule has 2 aromatic carbocycles. The summed E-state index contributed by atoms with van der Waals surface area (Å²) < 4.78 is 5.73. The zero-order valence-corrected chi connectivity index (χ0v) is 15.8. The van der Waals surface area contributed by atoms with Gasteiger partial charge in [0.1, 0.15) is 11.5 Å². The van der Waals surface area contributed by atoms with E-state index in [-0.39, 0.29) is 23.9 Å². The second-order valence-corrected chi connectivity index (χ2v) is 7.06. The summed E-state index contributed by atoms with van der Waals surface area (Å²) in [6.07, 6.45) is 0. The highest BCUT2D eigenvalue weighted by atomic mass is 16.5. The fourth-order valence-electron chi connectivity index (χ4n) is 2.43. The quantitative estimate of drug-likeness (QED) is 0.857. The number of nitrogens with one attached hydrogen (secondary N) is 1. The van der Waals surface area contributed by atoms with Gasteiger partial charge in [-0.05, 0) is 64.1 Å². The van der Waals surface area contributed by atoms with Crippen LogP contribution in [0.25, 0.3) is 0 Å². The molecule has 5 heteroatoms. The van der Waals surface area contributed by atoms with E-state index in [1.165, 1.54) is 4.90 Å². The predicted molar refractivity (Wildman–Crippen MR) is 102 cm³/mol. The Hall–Kier alpha value is -2.82. The van der Waals surface area contributed by atoms with Gasteiger partial charge in [0.2, 0.25) is 5.91 Å². The van der Waals surface area contributed by atoms with Gasteiger partial charge in [-0.1, -0.05) is 18.2 Å². The molecule has 0 aliphatic heterocycles. The predicted octanol–water partition coefficient (Wildman–Crippen LogP) is 3.86. The number of amides is 2. The summed E-state index contributed by atoms with van der Waals surface area (Å²) >= 11 is 0. The van der Waals surface area contributed by atoms with Crippen molar-refractivity contribution in [1.29, 1.82) is 0 Å². The largest absolute Gasteiger partial charge is 0.457 e. The van der Waals surface area contributed by atoms with E-state index in [1.807, 2.05) is 58.0 Å². The van der Waals surface area contributed by atoms with Crippen molar-refractivity contribution in [3.05, 3.63) is 60.2 Å². The highest BCUT2D eigenvalue weighted by Crippen LogP contribution is 2.21. The van der Waals surface area contributed by atoms with Gasteiger partial charge in [0.15, 0.2) is 0 Å². The molecule has 0 aliphatic rings. The molecule has 0 spiro atoms. The number of rotatable bonds is 6. The van der Waals surface area contributed by atoms with E-state index in [9.17, 15) is 9.59 Å². The van der Waals surface area contributed by atoms with E-state index in [4.69, 9.17) is 4.74 Å². The Morgan fingerprint density at radius 2 is 1.54 bits per heavy atom. The van der Waals surface area contributed by atoms with Gasteiger partial charge in [0.05, 0.1) is 6.54 Å². The zero-order valence-electron chi connectivity index (χ0n) is 15.8. The fourth-order valence-corrected chi connectivity index (χ4v) is 2.43. The van der Waals surface area contributed by atoms with Gasteiger partial charge in [-0.25, -0.2) is 0 Å². The van der Waals surface area contributed by atoms with Gasteiger partial charge in [0.25, 0.3) is 5.91 Å². The van der Waals surface area contributed by atoms with Gasteiger partial charge in [0, 0.05) is 17.6 Å². The minimum atomic E-state index is -0.323. The summed E-state index contributed by atoms with van der Waals surface area (Å²) in [6.45, 7) is 8.08. The molecule has 0 fully saturated rings. The molecule has 1 N–H and O–H groups in total. The molecule has 0 aliphatic carbocycles. The molecule has 0 atom stereocenters. The summed E-state index contributed by atoms with van der Waals surface area (Å²) in [7, 11) is 0. The number of hydrogen-bond acceptors (Lipinski definition) is 3. The van der Waals surface area contributed by atoms with Crippen molar-refractivity contribution in [2.45, 2.75) is 33.2 Å². The van der Waals surface area contributed by atoms with Crippen molar-refractivity contribution >= 4 is 11.8 Å². The molecular weight excluding hydrogens is 328 g/mol. The number of carbonyl (C=O) groups is 2. The van der Waals surface area contributed by atoms with Crippen LogP contribution in [0.2, 0.25) is 0 Å². The monoisotopic (exact) mass is 354 g/mol. The van der Waals surface area contributed by atoms with Crippen LogP contribution in [0.15, 0.2) is 54.6 Å². The van der Waals surface area contributed by atoms with Gasteiger partial charge >= 0.3 is 0 Å². The Kier molecular flexibility index (Phi) is 6.39. The van der Waals surface area contributed by atoms with Crippen molar-refractivity contribution in [3.8, 4) is 11.5 Å². The minimum Gasteiger partial charge on any atom is -0.457 e. The lowest BCUT2D eigenvalue weighted by molar-refractivity contribution is -0.123. The molecule has 0 heterocycles. The maximum atomic E-state index is 12.7. The standard InChI is InChI=1S/C21H26N2O3/c1-5-23(15-19(24)22-21(2,3)4)20(25)16-11-13-18(14-12-16)26-17-9-7-6-8-10-17/h6-14H,5,15H2,1-4H3,(H,22,24). The molecule has 0 aromatic heterocycles. The molecule has 0 saturated heterocycles. The first-order chi connectivity index (χ1) is 12.3. The van der Waals surface area contributed by atoms with Crippen LogP contribution in [-0.2, 0) is 4.79 Å². The SMILES string of the molecule is CCN(CC(=O)NC(C)(C)C)C(=O)c1ccc(Oc2ccccc2)cc1. The number of para-hydroxylation sites is 1. The first-order valence-electron chi connectivity index (χ1n) is 8.72. The molecule has 0 bridgehead atoms. The highest BCUT2D eigenvalue weighted by Gasteiger charge is 2.20. The van der Waals surface area contributed by atoms with Gasteiger partial charge in [-0.15, -0.1) is 0 Å². The Balaban J connectivity index is 2.02. The molecule has 0 unspecified atom stereocenters. The van der Waals surface area contributed by atoms with Crippen LogP contribution >= 0.6 is 0 Å². The second kappa shape index (κ2) is 8.52. The van der Waals surface area contributed by atoms with Crippen LogP contribution in [0.3, 0.4) is 0 Å². The molecule has 0 saturated carbocycles. The van der Waals surface area contributed by atoms with Gasteiger partial charge < -0.3 is 15.0 Å². The Labute approximate surface area is 155 Å². The van der Waals surface area contributed by atoms with Gasteiger partial charge in [-0.3, -0.25) is 9.59 Å². The number of benzene rings is 2. The molecule has 0 radical (unpaired) electrons. The molecular formula is C21H26N2O3. The number of carbonyl (C=O) groups excluding carboxylic acids is 2. The van der Waals surface area contributed by atoms with Crippen molar-refractivity contribution in [2.24, 2.45) is 0 Å². The molecule has 2 aromatic rings. The van der Waals surface area contributed by atoms with Crippen LogP contribution in [-0.4, -0.2) is 35.3 Å². The molecule has 2 amide bonds. The average molecular weight is 354 g/mol. The van der Waals surface area contributed by atoms with E-state index in [0.29, 0.717) is 17.9 Å². The first kappa shape index (κ1) is 19.5. The molecule has 5 nitrogen and oxygen atoms in total. The van der Waals surface area contributed by atoms with Crippen LogP contribution in [0.4, 0.5) is 0 Å². The maximum absolute atomic E-state index is 12.7. The average Bonchev–Trinajstić information content (AvgIpc) is 2.59. The van der Waals surface area contributed by atoms with Crippen molar-refractivity contribution in [1.82, 2.24) is 10.2 Å². The van der Waals surface area contributed by atoms with Crippen molar-refractivity contribution in [2.75, 3.05) is 13.1 Å². The van der Waals surface area contributed by atoms with E-state index < -0.39 is 0 Å². The van der Waals surface area contributed by atoms with Gasteiger partial charge in [-0.2, -0.15) is 0 Å². The molecule has 138 valence electrons. The van der Waals surface area contributed by atoms with Crippen LogP contribution in [0.1, 0.15) is 38.1 Å².